The number of amides is 5. The third-order valence-electron chi connectivity index (χ3n) is 8.00. The van der Waals surface area contributed by atoms with Crippen LogP contribution in [0.3, 0.4) is 0 Å². The van der Waals surface area contributed by atoms with Gasteiger partial charge >= 0.3 is 6.03 Å². The minimum Gasteiger partial charge on any atom is -0.411 e. The van der Waals surface area contributed by atoms with Crippen LogP contribution in [0.4, 0.5) is 4.79 Å². The van der Waals surface area contributed by atoms with Gasteiger partial charge in [0.15, 0.2) is 0 Å². The van der Waals surface area contributed by atoms with Crippen LogP contribution in [0.2, 0.25) is 0 Å². The van der Waals surface area contributed by atoms with Gasteiger partial charge in [0.25, 0.3) is 5.91 Å². The number of oxime groups is 1. The molecule has 1 saturated heterocycles. The molecule has 2 aliphatic carbocycles. The first-order chi connectivity index (χ1) is 18.2. The van der Waals surface area contributed by atoms with Crippen molar-refractivity contribution in [1.29, 1.82) is 0 Å². The van der Waals surface area contributed by atoms with Crippen LogP contribution in [0, 0.1) is 29.1 Å². The van der Waals surface area contributed by atoms with Gasteiger partial charge in [-0.3, -0.25) is 19.2 Å². The monoisotopic (exact) mass is 548 g/mol. The van der Waals surface area contributed by atoms with Crippen LogP contribution in [-0.2, 0) is 19.2 Å². The van der Waals surface area contributed by atoms with Crippen molar-refractivity contribution in [2.24, 2.45) is 40.0 Å². The number of carbonyl (C=O) groups excluding carboxylic acids is 5. The Balaban J connectivity index is 1.75. The van der Waals surface area contributed by atoms with Gasteiger partial charge < -0.3 is 31.8 Å². The average molecular weight is 549 g/mol. The number of rotatable bonds is 12. The molecule has 2 saturated carbocycles. The Kier molecular flexibility index (Phi) is 9.60. The van der Waals surface area contributed by atoms with Gasteiger partial charge in [0.2, 0.25) is 17.6 Å². The second kappa shape index (κ2) is 12.3. The predicted octanol–water partition coefficient (Wildman–Crippen LogP) is 1.15. The lowest BCUT2D eigenvalue weighted by atomic mass is 9.85. The molecule has 0 radical (unpaired) electrons. The zero-order chi connectivity index (χ0) is 29.1. The van der Waals surface area contributed by atoms with E-state index in [1.54, 1.807) is 0 Å². The Morgan fingerprint density at radius 3 is 2.18 bits per heavy atom. The SMILES string of the molecule is CC(C)[C@@H]1C[C@@H](C(=O)NC(CC2CC2)C(=O)C(N)=O)N(C(=O)[C@@H](NC(=O)NC/C(=N/O)C2CC2)C(C)(C)C)C1. The van der Waals surface area contributed by atoms with E-state index in [2.05, 4.69) is 21.1 Å². The molecule has 218 valence electrons. The smallest absolute Gasteiger partial charge is 0.315 e. The zero-order valence-corrected chi connectivity index (χ0v) is 23.7. The minimum absolute atomic E-state index is 0.0368. The molecule has 5 amide bonds. The maximum Gasteiger partial charge on any atom is 0.315 e. The minimum atomic E-state index is -1.10. The first-order valence-corrected chi connectivity index (χ1v) is 13.9. The number of urea groups is 1. The van der Waals surface area contributed by atoms with Crippen molar-refractivity contribution in [3.8, 4) is 0 Å². The molecule has 3 aliphatic rings. The molecule has 1 unspecified atom stereocenters. The molecule has 0 spiro atoms. The molecule has 12 nitrogen and oxygen atoms in total. The highest BCUT2D eigenvalue weighted by Gasteiger charge is 2.46. The van der Waals surface area contributed by atoms with E-state index in [4.69, 9.17) is 5.73 Å². The van der Waals surface area contributed by atoms with E-state index in [-0.39, 0.29) is 30.2 Å². The first-order valence-electron chi connectivity index (χ1n) is 13.9. The van der Waals surface area contributed by atoms with Crippen molar-refractivity contribution < 1.29 is 29.2 Å². The largest absolute Gasteiger partial charge is 0.411 e. The maximum atomic E-state index is 13.9. The number of hydrogen-bond donors (Lipinski definition) is 5. The summed E-state index contributed by atoms with van der Waals surface area (Å²) in [6.45, 7) is 9.90. The fourth-order valence-corrected chi connectivity index (χ4v) is 5.05. The van der Waals surface area contributed by atoms with Gasteiger partial charge in [-0.15, -0.1) is 0 Å². The fraction of sp³-hybridized carbons (Fsp3) is 0.778. The number of nitrogens with zero attached hydrogens (tertiary/aromatic N) is 2. The van der Waals surface area contributed by atoms with Gasteiger partial charge in [0, 0.05) is 12.5 Å². The Bertz CT molecular complexity index is 997. The third kappa shape index (κ3) is 8.15. The summed E-state index contributed by atoms with van der Waals surface area (Å²) in [5.41, 5.74) is 5.04. The van der Waals surface area contributed by atoms with Crippen molar-refractivity contribution in [1.82, 2.24) is 20.9 Å². The Morgan fingerprint density at radius 2 is 1.69 bits per heavy atom. The van der Waals surface area contributed by atoms with E-state index in [0.717, 1.165) is 25.7 Å². The maximum absolute atomic E-state index is 13.9. The third-order valence-corrected chi connectivity index (χ3v) is 8.00. The number of primary amides is 1. The summed E-state index contributed by atoms with van der Waals surface area (Å²) in [5, 5.41) is 20.6. The molecule has 3 rings (SSSR count). The quantitative estimate of drug-likeness (QED) is 0.105. The number of nitrogens with one attached hydrogen (secondary N) is 3. The molecule has 0 aromatic heterocycles. The lowest BCUT2D eigenvalue weighted by molar-refractivity contribution is -0.143. The Morgan fingerprint density at radius 1 is 1.05 bits per heavy atom. The topological polar surface area (TPSA) is 183 Å². The van der Waals surface area contributed by atoms with Crippen LogP contribution in [0.1, 0.15) is 73.1 Å². The predicted molar refractivity (Wildman–Crippen MR) is 144 cm³/mol. The molecule has 39 heavy (non-hydrogen) atoms. The van der Waals surface area contributed by atoms with E-state index in [9.17, 15) is 29.2 Å². The van der Waals surface area contributed by atoms with Crippen molar-refractivity contribution in [2.75, 3.05) is 13.1 Å². The van der Waals surface area contributed by atoms with Crippen molar-refractivity contribution in [2.45, 2.75) is 91.3 Å². The lowest BCUT2D eigenvalue weighted by Crippen LogP contribution is -2.60. The molecule has 6 N–H and O–H groups in total. The second-order valence-electron chi connectivity index (χ2n) is 12.7. The fourth-order valence-electron chi connectivity index (χ4n) is 5.05. The molecular weight excluding hydrogens is 504 g/mol. The van der Waals surface area contributed by atoms with Crippen LogP contribution in [0.15, 0.2) is 5.16 Å². The van der Waals surface area contributed by atoms with Crippen LogP contribution in [0.25, 0.3) is 0 Å². The average Bonchev–Trinajstić information content (AvgIpc) is 3.79. The van der Waals surface area contributed by atoms with Crippen molar-refractivity contribution in [3.63, 3.8) is 0 Å². The molecule has 1 heterocycles. The van der Waals surface area contributed by atoms with Crippen LogP contribution >= 0.6 is 0 Å². The van der Waals surface area contributed by atoms with E-state index < -0.39 is 53.1 Å². The number of ketones is 1. The summed E-state index contributed by atoms with van der Waals surface area (Å²) < 4.78 is 0. The number of likely N-dealkylation sites (tertiary alicyclic amines) is 1. The van der Waals surface area contributed by atoms with Gasteiger partial charge in [-0.05, 0) is 48.9 Å². The summed E-state index contributed by atoms with van der Waals surface area (Å²) in [7, 11) is 0. The molecule has 0 aromatic rings. The summed E-state index contributed by atoms with van der Waals surface area (Å²) in [5.74, 6) is -2.19. The first kappa shape index (κ1) is 30.4. The highest BCUT2D eigenvalue weighted by Crippen LogP contribution is 2.35. The van der Waals surface area contributed by atoms with E-state index in [0.29, 0.717) is 25.1 Å². The summed E-state index contributed by atoms with van der Waals surface area (Å²) in [6.07, 6.45) is 4.41. The number of carbonyl (C=O) groups is 5. The van der Waals surface area contributed by atoms with Crippen LogP contribution in [0.5, 0.6) is 0 Å². The zero-order valence-electron chi connectivity index (χ0n) is 23.7. The summed E-state index contributed by atoms with van der Waals surface area (Å²) in [6, 6.07) is -3.41. The van der Waals surface area contributed by atoms with E-state index in [1.807, 2.05) is 34.6 Å². The molecule has 12 heteroatoms. The molecule has 4 atom stereocenters. The summed E-state index contributed by atoms with van der Waals surface area (Å²) in [4.78, 5) is 65.7. The van der Waals surface area contributed by atoms with E-state index >= 15 is 0 Å². The van der Waals surface area contributed by atoms with Gasteiger partial charge in [0.1, 0.15) is 12.1 Å². The molecule has 3 fully saturated rings. The van der Waals surface area contributed by atoms with Crippen LogP contribution < -0.4 is 21.7 Å². The number of nitrogens with two attached hydrogens (primary N) is 1. The highest BCUT2D eigenvalue weighted by molar-refractivity contribution is 6.37. The number of hydrogen-bond acceptors (Lipinski definition) is 7. The van der Waals surface area contributed by atoms with Crippen molar-refractivity contribution in [3.05, 3.63) is 0 Å². The Hall–Kier alpha value is -3.18. The van der Waals surface area contributed by atoms with Gasteiger partial charge in [-0.1, -0.05) is 52.6 Å². The van der Waals surface area contributed by atoms with E-state index in [1.165, 1.54) is 4.90 Å². The molecule has 0 bridgehead atoms. The van der Waals surface area contributed by atoms with Crippen LogP contribution in [-0.4, -0.2) is 76.6 Å². The Labute approximate surface area is 229 Å². The van der Waals surface area contributed by atoms with Gasteiger partial charge in [-0.2, -0.15) is 0 Å². The van der Waals surface area contributed by atoms with Gasteiger partial charge in [-0.25, -0.2) is 4.79 Å². The number of Topliss-reactive ketones (excluding diaryl/α,β-unsaturated/α-hetero) is 1. The molecule has 1 aliphatic heterocycles. The standard InChI is InChI=1S/C27H44N6O6/c1-14(2)17-11-20(24(36)30-18(10-15-6-7-15)21(34)23(28)35)33(13-17)25(37)22(27(3,4)5)31-26(38)29-12-19(32-39)16-8-9-16/h14-18,20,22,39H,6-13H2,1-5H3,(H2,28,35)(H,30,36)(H2,29,31,38)/b32-19-/t17-,18?,20+,22-/m1/s1. The molecule has 0 aromatic carbocycles. The highest BCUT2D eigenvalue weighted by atomic mass is 16.4. The van der Waals surface area contributed by atoms with Crippen molar-refractivity contribution >= 4 is 35.2 Å². The van der Waals surface area contributed by atoms with Gasteiger partial charge in [0.05, 0.1) is 18.3 Å². The second-order valence-corrected chi connectivity index (χ2v) is 12.7. The molecular formula is C27H44N6O6. The lowest BCUT2D eigenvalue weighted by Gasteiger charge is -2.35. The summed E-state index contributed by atoms with van der Waals surface area (Å²) >= 11 is 0. The normalized spacial score (nSPS) is 23.2.